The van der Waals surface area contributed by atoms with Gasteiger partial charge in [0.05, 0.1) is 24.8 Å². The number of ether oxygens (including phenoxy) is 2. The summed E-state index contributed by atoms with van der Waals surface area (Å²) in [5, 5.41) is 11.6. The number of amides is 1. The lowest BCUT2D eigenvalue weighted by Gasteiger charge is -2.26. The van der Waals surface area contributed by atoms with Gasteiger partial charge in [-0.05, 0) is 72.7 Å². The Bertz CT molecular complexity index is 1390. The first kappa shape index (κ1) is 28.0. The number of aliphatic hydroxyl groups is 1. The highest BCUT2D eigenvalue weighted by Gasteiger charge is 2.47. The van der Waals surface area contributed by atoms with Crippen LogP contribution in [0.1, 0.15) is 81.7 Å². The average molecular weight is 528 g/mol. The molecular formula is C33H37NO5. The van der Waals surface area contributed by atoms with Gasteiger partial charge in [-0.25, -0.2) is 0 Å². The molecule has 6 nitrogen and oxygen atoms in total. The summed E-state index contributed by atoms with van der Waals surface area (Å²) in [5.74, 6) is 0.149. The third-order valence-corrected chi connectivity index (χ3v) is 6.98. The maximum absolute atomic E-state index is 13.6. The Morgan fingerprint density at radius 1 is 0.872 bits per heavy atom. The summed E-state index contributed by atoms with van der Waals surface area (Å²) < 4.78 is 11.4. The van der Waals surface area contributed by atoms with Crippen molar-refractivity contribution in [3.63, 3.8) is 0 Å². The third kappa shape index (κ3) is 5.56. The summed E-state index contributed by atoms with van der Waals surface area (Å²) in [6.07, 6.45) is 0. The van der Waals surface area contributed by atoms with Gasteiger partial charge in [-0.1, -0.05) is 58.0 Å². The molecule has 1 saturated heterocycles. The maximum atomic E-state index is 13.6. The van der Waals surface area contributed by atoms with Gasteiger partial charge in [0.25, 0.3) is 11.7 Å². The van der Waals surface area contributed by atoms with E-state index in [2.05, 4.69) is 13.8 Å². The molecule has 1 fully saturated rings. The zero-order valence-electron chi connectivity index (χ0n) is 23.5. The van der Waals surface area contributed by atoms with E-state index in [1.807, 2.05) is 70.2 Å². The van der Waals surface area contributed by atoms with Crippen LogP contribution in [0.15, 0.2) is 72.3 Å². The van der Waals surface area contributed by atoms with Gasteiger partial charge in [-0.15, -0.1) is 0 Å². The summed E-state index contributed by atoms with van der Waals surface area (Å²) in [5.41, 5.74) is 3.83. The van der Waals surface area contributed by atoms with E-state index in [-0.39, 0.29) is 17.3 Å². The van der Waals surface area contributed by atoms with Crippen molar-refractivity contribution in [2.24, 2.45) is 0 Å². The van der Waals surface area contributed by atoms with E-state index in [4.69, 9.17) is 9.47 Å². The van der Waals surface area contributed by atoms with Crippen molar-refractivity contribution in [1.82, 2.24) is 0 Å². The fourth-order valence-electron chi connectivity index (χ4n) is 4.96. The molecule has 4 rings (SSSR count). The van der Waals surface area contributed by atoms with Crippen LogP contribution in [0.4, 0.5) is 5.69 Å². The molecule has 0 radical (unpaired) electrons. The number of aliphatic hydroxyl groups excluding tert-OH is 1. The van der Waals surface area contributed by atoms with E-state index in [0.29, 0.717) is 36.1 Å². The van der Waals surface area contributed by atoms with Crippen LogP contribution in [-0.2, 0) is 9.59 Å². The fraction of sp³-hybridized carbons (Fsp3) is 0.333. The SMILES string of the molecule is CCOc1cccc(N2C(=O)C(=O)/C(=C(\O)c3ccc(OCC)c(C(C)C)c3)C2c2ccc(C(C)C)cc2)c1. The second-order valence-electron chi connectivity index (χ2n) is 10.3. The second kappa shape index (κ2) is 11.8. The molecule has 0 saturated carbocycles. The smallest absolute Gasteiger partial charge is 0.300 e. The molecule has 1 aliphatic heterocycles. The van der Waals surface area contributed by atoms with Gasteiger partial charge in [0.1, 0.15) is 17.3 Å². The monoisotopic (exact) mass is 527 g/mol. The van der Waals surface area contributed by atoms with Crippen molar-refractivity contribution in [1.29, 1.82) is 0 Å². The lowest BCUT2D eigenvalue weighted by Crippen LogP contribution is -2.29. The fourth-order valence-corrected chi connectivity index (χ4v) is 4.96. The number of carbonyl (C=O) groups is 2. The van der Waals surface area contributed by atoms with Crippen LogP contribution in [0.25, 0.3) is 5.76 Å². The third-order valence-electron chi connectivity index (χ3n) is 6.98. The molecule has 1 atom stereocenters. The highest BCUT2D eigenvalue weighted by molar-refractivity contribution is 6.51. The lowest BCUT2D eigenvalue weighted by molar-refractivity contribution is -0.132. The van der Waals surface area contributed by atoms with E-state index < -0.39 is 17.7 Å². The van der Waals surface area contributed by atoms with Crippen LogP contribution >= 0.6 is 0 Å². The highest BCUT2D eigenvalue weighted by atomic mass is 16.5. The number of anilines is 1. The summed E-state index contributed by atoms with van der Waals surface area (Å²) in [4.78, 5) is 28.6. The minimum absolute atomic E-state index is 0.0537. The van der Waals surface area contributed by atoms with Crippen molar-refractivity contribution >= 4 is 23.1 Å². The molecule has 0 spiro atoms. The molecule has 1 N–H and O–H groups in total. The number of benzene rings is 3. The summed E-state index contributed by atoms with van der Waals surface area (Å²) in [7, 11) is 0. The Labute approximate surface area is 230 Å². The minimum Gasteiger partial charge on any atom is -0.507 e. The topological polar surface area (TPSA) is 76.1 Å². The largest absolute Gasteiger partial charge is 0.507 e. The van der Waals surface area contributed by atoms with Crippen molar-refractivity contribution in [2.45, 2.75) is 59.4 Å². The molecule has 3 aromatic carbocycles. The predicted octanol–water partition coefficient (Wildman–Crippen LogP) is 7.36. The van der Waals surface area contributed by atoms with Crippen molar-refractivity contribution < 1.29 is 24.2 Å². The van der Waals surface area contributed by atoms with Gasteiger partial charge >= 0.3 is 0 Å². The van der Waals surface area contributed by atoms with Crippen LogP contribution in [0.5, 0.6) is 11.5 Å². The number of ketones is 1. The van der Waals surface area contributed by atoms with Crippen LogP contribution in [0.3, 0.4) is 0 Å². The standard InChI is InChI=1S/C33H37NO5/c1-7-38-26-11-9-10-25(19-26)34-30(23-14-12-22(13-15-23)20(3)4)29(32(36)33(34)37)31(35)24-16-17-28(39-8-2)27(18-24)21(5)6/h9-21,30,35H,7-8H2,1-6H3/b31-29-. The van der Waals surface area contributed by atoms with Crippen molar-refractivity contribution in [3.05, 3.63) is 94.6 Å². The number of hydrogen-bond acceptors (Lipinski definition) is 5. The first-order valence-corrected chi connectivity index (χ1v) is 13.6. The van der Waals surface area contributed by atoms with Gasteiger partial charge in [-0.2, -0.15) is 0 Å². The summed E-state index contributed by atoms with van der Waals surface area (Å²) in [6.45, 7) is 13.1. The van der Waals surface area contributed by atoms with Crippen LogP contribution in [-0.4, -0.2) is 30.0 Å². The van der Waals surface area contributed by atoms with Crippen molar-refractivity contribution in [2.75, 3.05) is 18.1 Å². The van der Waals surface area contributed by atoms with Crippen LogP contribution in [0, 0.1) is 0 Å². The molecule has 0 aliphatic carbocycles. The Kier molecular flexibility index (Phi) is 8.44. The van der Waals surface area contributed by atoms with Gasteiger partial charge in [0, 0.05) is 17.3 Å². The van der Waals surface area contributed by atoms with Gasteiger partial charge in [0.15, 0.2) is 0 Å². The highest BCUT2D eigenvalue weighted by Crippen LogP contribution is 2.43. The number of rotatable bonds is 9. The Morgan fingerprint density at radius 3 is 2.18 bits per heavy atom. The summed E-state index contributed by atoms with van der Waals surface area (Å²) in [6, 6.07) is 19.6. The maximum Gasteiger partial charge on any atom is 0.300 e. The van der Waals surface area contributed by atoms with E-state index >= 15 is 0 Å². The molecule has 0 bridgehead atoms. The van der Waals surface area contributed by atoms with Crippen molar-refractivity contribution in [3.8, 4) is 11.5 Å². The molecule has 204 valence electrons. The first-order chi connectivity index (χ1) is 18.7. The van der Waals surface area contributed by atoms with E-state index in [9.17, 15) is 14.7 Å². The number of carbonyl (C=O) groups excluding carboxylic acids is 2. The first-order valence-electron chi connectivity index (χ1n) is 13.6. The lowest BCUT2D eigenvalue weighted by atomic mass is 9.92. The van der Waals surface area contributed by atoms with Crippen LogP contribution < -0.4 is 14.4 Å². The molecule has 6 heteroatoms. The number of hydrogen-bond donors (Lipinski definition) is 1. The predicted molar refractivity (Wildman–Crippen MR) is 155 cm³/mol. The average Bonchev–Trinajstić information content (AvgIpc) is 3.19. The second-order valence-corrected chi connectivity index (χ2v) is 10.3. The van der Waals surface area contributed by atoms with E-state index in [0.717, 1.165) is 22.4 Å². The zero-order chi connectivity index (χ0) is 28.3. The Balaban J connectivity index is 1.92. The quantitative estimate of drug-likeness (QED) is 0.179. The van der Waals surface area contributed by atoms with Gasteiger partial charge < -0.3 is 14.6 Å². The Morgan fingerprint density at radius 2 is 1.56 bits per heavy atom. The minimum atomic E-state index is -0.808. The molecule has 1 heterocycles. The molecule has 0 aromatic heterocycles. The van der Waals surface area contributed by atoms with Gasteiger partial charge in [-0.3, -0.25) is 14.5 Å². The number of nitrogens with zero attached hydrogens (tertiary/aromatic N) is 1. The van der Waals surface area contributed by atoms with Crippen LogP contribution in [0.2, 0.25) is 0 Å². The normalized spacial score (nSPS) is 16.8. The van der Waals surface area contributed by atoms with E-state index in [1.54, 1.807) is 24.3 Å². The molecule has 1 amide bonds. The van der Waals surface area contributed by atoms with E-state index in [1.165, 1.54) is 4.90 Å². The van der Waals surface area contributed by atoms with Gasteiger partial charge in [0.2, 0.25) is 0 Å². The molecular weight excluding hydrogens is 490 g/mol. The molecule has 1 unspecified atom stereocenters. The molecule has 39 heavy (non-hydrogen) atoms. The molecule has 3 aromatic rings. The number of Topliss-reactive ketones (excluding diaryl/α,β-unsaturated/α-hetero) is 1. The molecule has 1 aliphatic rings. The summed E-state index contributed by atoms with van der Waals surface area (Å²) >= 11 is 0. The Hall–Kier alpha value is -4.06. The zero-order valence-corrected chi connectivity index (χ0v) is 23.5.